The van der Waals surface area contributed by atoms with E-state index in [0.717, 1.165) is 9.35 Å². The fourth-order valence-electron chi connectivity index (χ4n) is 2.28. The highest BCUT2D eigenvalue weighted by Gasteiger charge is 2.52. The maximum atomic E-state index is 12.8. The number of aliphatic carboxylic acids is 1. The molecule has 1 saturated heterocycles. The third kappa shape index (κ3) is 3.49. The van der Waals surface area contributed by atoms with Crippen molar-refractivity contribution < 1.29 is 23.1 Å². The van der Waals surface area contributed by atoms with Gasteiger partial charge in [-0.25, -0.2) is 0 Å². The molecule has 0 radical (unpaired) electrons. The zero-order chi connectivity index (χ0) is 14.2. The maximum Gasteiger partial charge on any atom is 0.393 e. The maximum absolute atomic E-state index is 12.8. The van der Waals surface area contributed by atoms with E-state index in [0.29, 0.717) is 6.54 Å². The molecule has 8 heteroatoms. The molecule has 0 spiro atoms. The minimum Gasteiger partial charge on any atom is -0.481 e. The molecule has 1 fully saturated rings. The highest BCUT2D eigenvalue weighted by molar-refractivity contribution is 9.11. The van der Waals surface area contributed by atoms with E-state index in [-0.39, 0.29) is 13.1 Å². The highest BCUT2D eigenvalue weighted by Crippen LogP contribution is 2.38. The van der Waals surface area contributed by atoms with E-state index in [9.17, 15) is 18.0 Å². The van der Waals surface area contributed by atoms with Crippen LogP contribution in [0.2, 0.25) is 0 Å². The predicted molar refractivity (Wildman–Crippen MR) is 68.0 cm³/mol. The molecule has 3 nitrogen and oxygen atoms in total. The van der Waals surface area contributed by atoms with Crippen LogP contribution in [0.15, 0.2) is 15.2 Å². The lowest BCUT2D eigenvalue weighted by Gasteiger charge is -2.18. The fourth-order valence-corrected chi connectivity index (χ4v) is 3.48. The van der Waals surface area contributed by atoms with Gasteiger partial charge >= 0.3 is 12.1 Å². The first-order valence-corrected chi connectivity index (χ1v) is 7.19. The molecular weight excluding hydrogens is 347 g/mol. The quantitative estimate of drug-likeness (QED) is 0.902. The minimum absolute atomic E-state index is 0.0625. The molecule has 2 atom stereocenters. The molecule has 1 aliphatic rings. The van der Waals surface area contributed by atoms with Gasteiger partial charge in [0.15, 0.2) is 0 Å². The third-order valence-corrected chi connectivity index (χ3v) is 4.71. The van der Waals surface area contributed by atoms with Gasteiger partial charge in [0.05, 0.1) is 15.6 Å². The molecule has 0 amide bonds. The number of rotatable bonds is 3. The summed E-state index contributed by atoms with van der Waals surface area (Å²) in [6.07, 6.45) is -4.47. The lowest BCUT2D eigenvalue weighted by molar-refractivity contribution is -0.188. The number of halogens is 4. The number of likely N-dealkylation sites (tertiary alicyclic amines) is 1. The van der Waals surface area contributed by atoms with E-state index in [1.807, 2.05) is 11.4 Å². The lowest BCUT2D eigenvalue weighted by Crippen LogP contribution is -2.33. The fraction of sp³-hybridized carbons (Fsp3) is 0.545. The third-order valence-electron chi connectivity index (χ3n) is 3.16. The van der Waals surface area contributed by atoms with Gasteiger partial charge in [-0.05, 0) is 32.9 Å². The normalized spacial score (nSPS) is 24.8. The molecule has 1 N–H and O–H groups in total. The average Bonchev–Trinajstić information content (AvgIpc) is 2.85. The van der Waals surface area contributed by atoms with Crippen LogP contribution in [0, 0.1) is 11.8 Å². The van der Waals surface area contributed by atoms with Gasteiger partial charge in [0.1, 0.15) is 0 Å². The smallest absolute Gasteiger partial charge is 0.393 e. The van der Waals surface area contributed by atoms with Crippen LogP contribution in [-0.4, -0.2) is 35.2 Å². The van der Waals surface area contributed by atoms with Crippen LogP contribution in [0.4, 0.5) is 13.2 Å². The van der Waals surface area contributed by atoms with Gasteiger partial charge in [-0.1, -0.05) is 0 Å². The summed E-state index contributed by atoms with van der Waals surface area (Å²) in [5.41, 5.74) is 0.892. The molecule has 1 aliphatic heterocycles. The second-order valence-electron chi connectivity index (χ2n) is 4.55. The molecule has 2 rings (SSSR count). The zero-order valence-corrected chi connectivity index (χ0v) is 12.1. The van der Waals surface area contributed by atoms with E-state index in [1.54, 1.807) is 4.90 Å². The Hall–Kier alpha value is -0.600. The van der Waals surface area contributed by atoms with Crippen LogP contribution < -0.4 is 0 Å². The largest absolute Gasteiger partial charge is 0.481 e. The van der Waals surface area contributed by atoms with E-state index in [2.05, 4.69) is 15.9 Å². The first kappa shape index (κ1) is 14.8. The summed E-state index contributed by atoms with van der Waals surface area (Å²) in [6.45, 7) is 0.0272. The monoisotopic (exact) mass is 357 g/mol. The van der Waals surface area contributed by atoms with Crippen molar-refractivity contribution >= 4 is 33.2 Å². The summed E-state index contributed by atoms with van der Waals surface area (Å²) < 4.78 is 39.3. The number of nitrogens with zero attached hydrogens (tertiary/aromatic N) is 1. The van der Waals surface area contributed by atoms with Crippen LogP contribution in [0.1, 0.15) is 5.56 Å². The van der Waals surface area contributed by atoms with Crippen LogP contribution in [0.25, 0.3) is 0 Å². The summed E-state index contributed by atoms with van der Waals surface area (Å²) in [4.78, 5) is 12.5. The number of alkyl halides is 3. The van der Waals surface area contributed by atoms with Crippen molar-refractivity contribution in [2.45, 2.75) is 12.7 Å². The van der Waals surface area contributed by atoms with Crippen LogP contribution in [0.3, 0.4) is 0 Å². The number of carboxylic acid groups (broad SMARTS) is 1. The van der Waals surface area contributed by atoms with E-state index in [1.165, 1.54) is 11.3 Å². The number of hydrogen-bond acceptors (Lipinski definition) is 3. The van der Waals surface area contributed by atoms with Gasteiger partial charge in [0, 0.05) is 19.6 Å². The summed E-state index contributed by atoms with van der Waals surface area (Å²) in [5.74, 6) is -4.54. The van der Waals surface area contributed by atoms with Crippen LogP contribution in [-0.2, 0) is 11.3 Å². The van der Waals surface area contributed by atoms with Crippen molar-refractivity contribution in [1.29, 1.82) is 0 Å². The van der Waals surface area contributed by atoms with Crippen molar-refractivity contribution in [2.24, 2.45) is 11.8 Å². The molecule has 0 bridgehead atoms. The Morgan fingerprint density at radius 2 is 2.21 bits per heavy atom. The molecule has 19 heavy (non-hydrogen) atoms. The van der Waals surface area contributed by atoms with E-state index >= 15 is 0 Å². The topological polar surface area (TPSA) is 40.5 Å². The molecule has 0 aliphatic carbocycles. The van der Waals surface area contributed by atoms with E-state index in [4.69, 9.17) is 5.11 Å². The van der Waals surface area contributed by atoms with E-state index < -0.39 is 24.0 Å². The molecule has 2 heterocycles. The van der Waals surface area contributed by atoms with Gasteiger partial charge in [0.25, 0.3) is 0 Å². The number of hydrogen-bond donors (Lipinski definition) is 1. The van der Waals surface area contributed by atoms with Crippen molar-refractivity contribution in [2.75, 3.05) is 13.1 Å². The van der Waals surface area contributed by atoms with Gasteiger partial charge in [-0.3, -0.25) is 9.69 Å². The SMILES string of the molecule is O=C(O)[C@@H]1CN(Cc2csc(Br)c2)C[C@H]1C(F)(F)F. The van der Waals surface area contributed by atoms with Gasteiger partial charge < -0.3 is 5.11 Å². The molecule has 1 aromatic heterocycles. The van der Waals surface area contributed by atoms with Crippen LogP contribution in [0.5, 0.6) is 0 Å². The summed E-state index contributed by atoms with van der Waals surface area (Å²) >= 11 is 4.74. The molecule has 0 unspecified atom stereocenters. The Kier molecular flexibility index (Phi) is 4.22. The Morgan fingerprint density at radius 3 is 2.63 bits per heavy atom. The number of carbonyl (C=O) groups is 1. The Balaban J connectivity index is 2.07. The Bertz CT molecular complexity index is 477. The van der Waals surface area contributed by atoms with Gasteiger partial charge in [-0.15, -0.1) is 11.3 Å². The Labute approximate surface area is 120 Å². The lowest BCUT2D eigenvalue weighted by atomic mass is 9.96. The summed E-state index contributed by atoms with van der Waals surface area (Å²) in [6, 6.07) is 1.83. The van der Waals surface area contributed by atoms with Crippen molar-refractivity contribution in [3.05, 3.63) is 20.8 Å². The van der Waals surface area contributed by atoms with Crippen molar-refractivity contribution in [3.63, 3.8) is 0 Å². The predicted octanol–water partition coefficient (Wildman–Crippen LogP) is 3.21. The van der Waals surface area contributed by atoms with Gasteiger partial charge in [0.2, 0.25) is 0 Å². The molecule has 0 saturated carbocycles. The number of carboxylic acids is 1. The molecule has 106 valence electrons. The average molecular weight is 358 g/mol. The minimum atomic E-state index is -4.47. The summed E-state index contributed by atoms with van der Waals surface area (Å²) in [7, 11) is 0. The highest BCUT2D eigenvalue weighted by atomic mass is 79.9. The standard InChI is InChI=1S/C11H11BrF3NO2S/c12-9-1-6(5-19-9)2-16-3-7(10(17)18)8(4-16)11(13,14)15/h1,5,7-8H,2-4H2,(H,17,18)/t7-,8-/m1/s1. The molecule has 0 aromatic carbocycles. The Morgan fingerprint density at radius 1 is 1.53 bits per heavy atom. The zero-order valence-electron chi connectivity index (χ0n) is 9.65. The van der Waals surface area contributed by atoms with Crippen LogP contribution >= 0.6 is 27.3 Å². The first-order chi connectivity index (χ1) is 8.77. The van der Waals surface area contributed by atoms with Gasteiger partial charge in [-0.2, -0.15) is 13.2 Å². The summed E-state index contributed by atoms with van der Waals surface area (Å²) in [5, 5.41) is 10.8. The first-order valence-electron chi connectivity index (χ1n) is 5.52. The molecule has 1 aromatic rings. The second-order valence-corrected chi connectivity index (χ2v) is 6.84. The van der Waals surface area contributed by atoms with Crippen molar-refractivity contribution in [3.8, 4) is 0 Å². The molecular formula is C11H11BrF3NO2S. The second kappa shape index (κ2) is 5.41. The van der Waals surface area contributed by atoms with Crippen molar-refractivity contribution in [1.82, 2.24) is 4.90 Å². The number of thiophene rings is 1.